The number of benzene rings is 1. The molecule has 1 heterocycles. The fourth-order valence-corrected chi connectivity index (χ4v) is 4.29. The molecule has 2 aliphatic rings. The average molecular weight is 323 g/mol. The van der Waals surface area contributed by atoms with Crippen LogP contribution in [0.25, 0.3) is 0 Å². The predicted molar refractivity (Wildman–Crippen MR) is 82.4 cm³/mol. The van der Waals surface area contributed by atoms with E-state index in [2.05, 4.69) is 10.1 Å². The van der Waals surface area contributed by atoms with Crippen molar-refractivity contribution in [1.82, 2.24) is 15.2 Å². The molecule has 1 aliphatic carbocycles. The summed E-state index contributed by atoms with van der Waals surface area (Å²) in [5, 5.41) is 1.83. The lowest BCUT2D eigenvalue weighted by Gasteiger charge is -2.18. The number of urea groups is 1. The molecule has 1 aromatic carbocycles. The highest BCUT2D eigenvalue weighted by Crippen LogP contribution is 2.36. The first kappa shape index (κ1) is 15.3. The number of hydrogen-bond donors (Lipinski definition) is 2. The van der Waals surface area contributed by atoms with E-state index in [-0.39, 0.29) is 4.90 Å². The monoisotopic (exact) mass is 323 g/mol. The van der Waals surface area contributed by atoms with E-state index in [1.165, 1.54) is 31.4 Å². The minimum atomic E-state index is -3.83. The van der Waals surface area contributed by atoms with Crippen molar-refractivity contribution in [2.45, 2.75) is 31.1 Å². The third-order valence-electron chi connectivity index (χ3n) is 4.54. The van der Waals surface area contributed by atoms with Gasteiger partial charge in [-0.2, -0.15) is 0 Å². The van der Waals surface area contributed by atoms with E-state index >= 15 is 0 Å². The molecule has 2 amide bonds. The Balaban J connectivity index is 1.58. The molecule has 6 nitrogen and oxygen atoms in total. The Morgan fingerprint density at radius 2 is 1.73 bits per heavy atom. The fourth-order valence-electron chi connectivity index (χ4n) is 3.39. The van der Waals surface area contributed by atoms with Crippen molar-refractivity contribution in [2.75, 3.05) is 13.1 Å². The summed E-state index contributed by atoms with van der Waals surface area (Å²) in [7, 11) is -3.83. The van der Waals surface area contributed by atoms with Gasteiger partial charge in [-0.1, -0.05) is 24.1 Å². The molecular weight excluding hydrogens is 302 g/mol. The Kier molecular flexibility index (Phi) is 4.10. The van der Waals surface area contributed by atoms with Gasteiger partial charge in [-0.3, -0.25) is 5.43 Å². The lowest BCUT2D eigenvalue weighted by atomic mass is 10.0. The van der Waals surface area contributed by atoms with E-state index in [1.807, 2.05) is 11.9 Å². The zero-order chi connectivity index (χ0) is 15.7. The van der Waals surface area contributed by atoms with Gasteiger partial charge in [0.2, 0.25) is 0 Å². The number of nitrogens with zero attached hydrogens (tertiary/aromatic N) is 1. The largest absolute Gasteiger partial charge is 0.343 e. The van der Waals surface area contributed by atoms with E-state index in [1.54, 1.807) is 12.1 Å². The van der Waals surface area contributed by atoms with Crippen molar-refractivity contribution in [3.05, 3.63) is 29.8 Å². The molecule has 1 saturated heterocycles. The van der Waals surface area contributed by atoms with Crippen molar-refractivity contribution in [3.8, 4) is 0 Å². The van der Waals surface area contributed by atoms with E-state index in [4.69, 9.17) is 0 Å². The number of hydrogen-bond acceptors (Lipinski definition) is 4. The summed E-state index contributed by atoms with van der Waals surface area (Å²) >= 11 is 0. The second-order valence-electron chi connectivity index (χ2n) is 6.22. The molecule has 0 spiro atoms. The molecule has 120 valence electrons. The standard InChI is InChI=1S/C15H21N3O3S/c1-11-5-7-14(8-6-11)22(20,21)17-15(19)16-18-9-12-3-2-4-13(12)10-18/h5-8,12-13H,2-4,9-10H2,1H3,(H2,16,17,19)/t12-,13-/m0/s1. The van der Waals surface area contributed by atoms with Gasteiger partial charge in [0, 0.05) is 13.1 Å². The number of hydrazine groups is 1. The van der Waals surface area contributed by atoms with Crippen LogP contribution in [0.5, 0.6) is 0 Å². The quantitative estimate of drug-likeness (QED) is 0.886. The van der Waals surface area contributed by atoms with Crippen LogP contribution in [0.3, 0.4) is 0 Å². The highest BCUT2D eigenvalue weighted by Gasteiger charge is 2.36. The molecule has 2 fully saturated rings. The van der Waals surface area contributed by atoms with Crippen LogP contribution in [-0.4, -0.2) is 32.5 Å². The van der Waals surface area contributed by atoms with Crippen molar-refractivity contribution < 1.29 is 13.2 Å². The minimum absolute atomic E-state index is 0.0894. The summed E-state index contributed by atoms with van der Waals surface area (Å²) in [5.74, 6) is 1.27. The maximum Gasteiger partial charge on any atom is 0.343 e. The molecular formula is C15H21N3O3S. The Morgan fingerprint density at radius 3 is 2.32 bits per heavy atom. The molecule has 0 bridgehead atoms. The topological polar surface area (TPSA) is 78.5 Å². The van der Waals surface area contributed by atoms with Crippen molar-refractivity contribution in [3.63, 3.8) is 0 Å². The second kappa shape index (κ2) is 5.89. The number of aryl methyl sites for hydroxylation is 1. The maximum absolute atomic E-state index is 12.1. The summed E-state index contributed by atoms with van der Waals surface area (Å²) in [6.07, 6.45) is 3.66. The van der Waals surface area contributed by atoms with Crippen LogP contribution in [0.1, 0.15) is 24.8 Å². The summed E-state index contributed by atoms with van der Waals surface area (Å²) in [6.45, 7) is 3.49. The molecule has 7 heteroatoms. The van der Waals surface area contributed by atoms with Crippen LogP contribution in [-0.2, 0) is 10.0 Å². The summed E-state index contributed by atoms with van der Waals surface area (Å²) < 4.78 is 26.3. The number of carbonyl (C=O) groups is 1. The molecule has 3 rings (SSSR count). The SMILES string of the molecule is Cc1ccc(S(=O)(=O)NC(=O)NN2C[C@@H]3CCC[C@H]3C2)cc1. The van der Waals surface area contributed by atoms with E-state index in [9.17, 15) is 13.2 Å². The summed E-state index contributed by atoms with van der Waals surface area (Å²) in [5.41, 5.74) is 3.61. The number of fused-ring (bicyclic) bond motifs is 1. The fraction of sp³-hybridized carbons (Fsp3) is 0.533. The van der Waals surface area contributed by atoms with Crippen molar-refractivity contribution in [2.24, 2.45) is 11.8 Å². The number of sulfonamides is 1. The van der Waals surface area contributed by atoms with Crippen molar-refractivity contribution >= 4 is 16.1 Å². The van der Waals surface area contributed by atoms with Gasteiger partial charge in [0.1, 0.15) is 0 Å². The van der Waals surface area contributed by atoms with Gasteiger partial charge in [0.05, 0.1) is 4.90 Å². The normalized spacial score (nSPS) is 25.0. The van der Waals surface area contributed by atoms with Crippen LogP contribution in [0.2, 0.25) is 0 Å². The van der Waals surface area contributed by atoms with E-state index in [0.29, 0.717) is 11.8 Å². The van der Waals surface area contributed by atoms with Gasteiger partial charge >= 0.3 is 6.03 Å². The van der Waals surface area contributed by atoms with Gasteiger partial charge in [-0.15, -0.1) is 0 Å². The minimum Gasteiger partial charge on any atom is -0.270 e. The first-order chi connectivity index (χ1) is 10.4. The van der Waals surface area contributed by atoms with Crippen LogP contribution in [0.15, 0.2) is 29.2 Å². The third-order valence-corrected chi connectivity index (χ3v) is 5.89. The lowest BCUT2D eigenvalue weighted by Crippen LogP contribution is -2.48. The molecule has 2 atom stereocenters. The Hall–Kier alpha value is -1.60. The van der Waals surface area contributed by atoms with Gasteiger partial charge in [-0.05, 0) is 43.7 Å². The molecule has 22 heavy (non-hydrogen) atoms. The Labute approximate surface area is 130 Å². The number of carbonyl (C=O) groups excluding carboxylic acids is 1. The first-order valence-corrected chi connectivity index (χ1v) is 9.07. The zero-order valence-electron chi connectivity index (χ0n) is 12.6. The number of amides is 2. The smallest absolute Gasteiger partial charge is 0.270 e. The average Bonchev–Trinajstić information content (AvgIpc) is 2.99. The molecule has 1 aromatic rings. The van der Waals surface area contributed by atoms with Gasteiger partial charge in [-0.25, -0.2) is 22.9 Å². The molecule has 1 aliphatic heterocycles. The number of nitrogens with one attached hydrogen (secondary N) is 2. The van der Waals surface area contributed by atoms with E-state index in [0.717, 1.165) is 18.7 Å². The first-order valence-electron chi connectivity index (χ1n) is 7.59. The maximum atomic E-state index is 12.1. The summed E-state index contributed by atoms with van der Waals surface area (Å²) in [6, 6.07) is 5.69. The second-order valence-corrected chi connectivity index (χ2v) is 7.90. The van der Waals surface area contributed by atoms with Crippen LogP contribution < -0.4 is 10.1 Å². The van der Waals surface area contributed by atoms with Gasteiger partial charge < -0.3 is 0 Å². The van der Waals surface area contributed by atoms with Crippen molar-refractivity contribution in [1.29, 1.82) is 0 Å². The Morgan fingerprint density at radius 1 is 1.14 bits per heavy atom. The molecule has 1 saturated carbocycles. The number of rotatable bonds is 3. The van der Waals surface area contributed by atoms with Gasteiger partial charge in [0.15, 0.2) is 0 Å². The highest BCUT2D eigenvalue weighted by atomic mass is 32.2. The Bertz CT molecular complexity index is 645. The summed E-state index contributed by atoms with van der Waals surface area (Å²) in [4.78, 5) is 12.0. The molecule has 0 unspecified atom stereocenters. The van der Waals surface area contributed by atoms with Crippen LogP contribution >= 0.6 is 0 Å². The third kappa shape index (κ3) is 3.25. The van der Waals surface area contributed by atoms with Gasteiger partial charge in [0.25, 0.3) is 10.0 Å². The van der Waals surface area contributed by atoms with Crippen LogP contribution in [0, 0.1) is 18.8 Å². The predicted octanol–water partition coefficient (Wildman–Crippen LogP) is 1.63. The highest BCUT2D eigenvalue weighted by molar-refractivity contribution is 7.90. The van der Waals surface area contributed by atoms with Crippen LogP contribution in [0.4, 0.5) is 4.79 Å². The van der Waals surface area contributed by atoms with E-state index < -0.39 is 16.1 Å². The molecule has 0 radical (unpaired) electrons. The molecule has 0 aromatic heterocycles. The molecule has 2 N–H and O–H groups in total. The zero-order valence-corrected chi connectivity index (χ0v) is 13.4. The lowest BCUT2D eigenvalue weighted by molar-refractivity contribution is 0.195.